The minimum Gasteiger partial charge on any atom is -0.493 e. The molecule has 3 aromatic rings. The van der Waals surface area contributed by atoms with Crippen molar-refractivity contribution in [2.45, 2.75) is 19.9 Å². The number of carbonyl (C=O) groups is 2. The third-order valence-corrected chi connectivity index (χ3v) is 7.13. The Balaban J connectivity index is 1.75. The Morgan fingerprint density at radius 3 is 2.29 bits per heavy atom. The molecule has 0 radical (unpaired) electrons. The van der Waals surface area contributed by atoms with Crippen molar-refractivity contribution in [3.8, 4) is 11.5 Å². The lowest BCUT2D eigenvalue weighted by Crippen LogP contribution is -2.46. The van der Waals surface area contributed by atoms with E-state index in [2.05, 4.69) is 5.32 Å². The third-order valence-electron chi connectivity index (χ3n) is 5.89. The highest BCUT2D eigenvalue weighted by Gasteiger charge is 2.22. The summed E-state index contributed by atoms with van der Waals surface area (Å²) in [6, 6.07) is 16.2. The van der Waals surface area contributed by atoms with Crippen LogP contribution in [0.5, 0.6) is 11.5 Å². The topological polar surface area (TPSA) is 80.3 Å². The van der Waals surface area contributed by atoms with Gasteiger partial charge in [-0.1, -0.05) is 17.7 Å². The maximum Gasteiger partial charge on any atom is 0.322 e. The van der Waals surface area contributed by atoms with Crippen molar-refractivity contribution in [2.75, 3.05) is 52.9 Å². The van der Waals surface area contributed by atoms with Gasteiger partial charge in [0.15, 0.2) is 11.5 Å². The summed E-state index contributed by atoms with van der Waals surface area (Å²) in [5.74, 6) is 1.14. The predicted molar refractivity (Wildman–Crippen MR) is 152 cm³/mol. The number of aryl methyl sites for hydroxylation is 1. The van der Waals surface area contributed by atoms with Crippen LogP contribution < -0.4 is 14.8 Å². The lowest BCUT2D eigenvalue weighted by molar-refractivity contribution is -0.132. The molecule has 0 aliphatic heterocycles. The van der Waals surface area contributed by atoms with E-state index < -0.39 is 0 Å². The van der Waals surface area contributed by atoms with Gasteiger partial charge in [-0.25, -0.2) is 4.79 Å². The van der Waals surface area contributed by atoms with Crippen LogP contribution in [0.4, 0.5) is 10.5 Å². The quantitative estimate of drug-likeness (QED) is 0.300. The van der Waals surface area contributed by atoms with Crippen LogP contribution >= 0.6 is 22.9 Å². The number of urea groups is 1. The van der Waals surface area contributed by atoms with Crippen molar-refractivity contribution >= 4 is 40.6 Å². The van der Waals surface area contributed by atoms with E-state index in [1.807, 2.05) is 37.3 Å². The fourth-order valence-electron chi connectivity index (χ4n) is 3.80. The van der Waals surface area contributed by atoms with Crippen molar-refractivity contribution in [3.05, 3.63) is 74.9 Å². The predicted octanol–water partition coefficient (Wildman–Crippen LogP) is 5.48. The van der Waals surface area contributed by atoms with Gasteiger partial charge in [-0.15, -0.1) is 11.3 Å². The fraction of sp³-hybridized carbons (Fsp3) is 0.357. The summed E-state index contributed by atoms with van der Waals surface area (Å²) in [6.07, 6.45) is 0.617. The van der Waals surface area contributed by atoms with Gasteiger partial charge in [0, 0.05) is 40.7 Å². The summed E-state index contributed by atoms with van der Waals surface area (Å²) in [5.41, 5.74) is 1.60. The molecule has 204 valence electrons. The van der Waals surface area contributed by atoms with Gasteiger partial charge in [0.1, 0.15) is 6.54 Å². The van der Waals surface area contributed by atoms with Crippen molar-refractivity contribution in [1.82, 2.24) is 9.80 Å². The van der Waals surface area contributed by atoms with Crippen molar-refractivity contribution < 1.29 is 23.8 Å². The van der Waals surface area contributed by atoms with Crippen LogP contribution in [-0.4, -0.2) is 69.3 Å². The smallest absolute Gasteiger partial charge is 0.322 e. The molecular weight excluding hydrogens is 526 g/mol. The number of ether oxygens (including phenoxy) is 3. The molecule has 1 N–H and O–H groups in total. The van der Waals surface area contributed by atoms with Crippen LogP contribution in [0.3, 0.4) is 0 Å². The Bertz CT molecular complexity index is 1200. The lowest BCUT2D eigenvalue weighted by Gasteiger charge is -2.28. The zero-order valence-electron chi connectivity index (χ0n) is 22.2. The molecule has 0 aliphatic rings. The molecule has 0 bridgehead atoms. The number of rotatable bonds is 13. The molecule has 10 heteroatoms. The molecular formula is C28H34ClN3O5S. The molecule has 0 aliphatic carbocycles. The zero-order chi connectivity index (χ0) is 27.5. The number of methoxy groups -OCH3 is 3. The van der Waals surface area contributed by atoms with Crippen LogP contribution in [0.15, 0.2) is 54.6 Å². The summed E-state index contributed by atoms with van der Waals surface area (Å²) in [4.78, 5) is 32.2. The molecule has 1 heterocycles. The Morgan fingerprint density at radius 1 is 0.921 bits per heavy atom. The monoisotopic (exact) mass is 559 g/mol. The maximum atomic E-state index is 13.6. The number of hydrogen-bond acceptors (Lipinski definition) is 6. The van der Waals surface area contributed by atoms with Crippen molar-refractivity contribution in [2.24, 2.45) is 0 Å². The fourth-order valence-corrected chi connectivity index (χ4v) is 4.84. The number of amides is 3. The van der Waals surface area contributed by atoms with E-state index in [4.69, 9.17) is 25.8 Å². The van der Waals surface area contributed by atoms with E-state index in [1.54, 1.807) is 61.8 Å². The van der Waals surface area contributed by atoms with Crippen LogP contribution in [0, 0.1) is 6.92 Å². The molecule has 0 saturated carbocycles. The Morgan fingerprint density at radius 2 is 1.66 bits per heavy atom. The standard InChI is InChI=1S/C28H34ClN3O5S/c1-20-5-11-24(38-20)18-31(14-13-21-6-12-25(36-3)26(17-21)37-4)27(33)19-32(15-16-35-2)28(34)30-23-9-7-22(29)8-10-23/h5-12,17H,13-16,18-19H2,1-4H3,(H,30,34). The Kier molecular flexibility index (Phi) is 11.3. The molecule has 0 unspecified atom stereocenters. The average Bonchev–Trinajstić information content (AvgIpc) is 3.34. The van der Waals surface area contributed by atoms with Crippen LogP contribution in [-0.2, 0) is 22.5 Å². The highest BCUT2D eigenvalue weighted by molar-refractivity contribution is 7.11. The molecule has 1 aromatic heterocycles. The Labute approximate surface area is 233 Å². The highest BCUT2D eigenvalue weighted by Crippen LogP contribution is 2.28. The second-order valence-electron chi connectivity index (χ2n) is 8.62. The Hall–Kier alpha value is -3.27. The minimum absolute atomic E-state index is 0.0843. The van der Waals surface area contributed by atoms with E-state index in [1.165, 1.54) is 9.78 Å². The first kappa shape index (κ1) is 29.3. The number of nitrogens with zero attached hydrogens (tertiary/aromatic N) is 2. The summed E-state index contributed by atoms with van der Waals surface area (Å²) < 4.78 is 16.0. The molecule has 3 amide bonds. The van der Waals surface area contributed by atoms with Gasteiger partial charge in [-0.05, 0) is 67.4 Å². The number of thiophene rings is 1. The number of benzene rings is 2. The summed E-state index contributed by atoms with van der Waals surface area (Å²) in [5, 5.41) is 3.41. The van der Waals surface area contributed by atoms with Crippen LogP contribution in [0.2, 0.25) is 5.02 Å². The van der Waals surface area contributed by atoms with Gasteiger partial charge in [0.05, 0.1) is 27.4 Å². The SMILES string of the molecule is COCCN(CC(=O)N(CCc1ccc(OC)c(OC)c1)Cc1ccc(C)s1)C(=O)Nc1ccc(Cl)cc1. The van der Waals surface area contributed by atoms with Crippen LogP contribution in [0.25, 0.3) is 0 Å². The minimum atomic E-state index is -0.385. The van der Waals surface area contributed by atoms with E-state index in [-0.39, 0.29) is 25.0 Å². The summed E-state index contributed by atoms with van der Waals surface area (Å²) in [6.45, 7) is 3.46. The van der Waals surface area contributed by atoms with E-state index >= 15 is 0 Å². The van der Waals surface area contributed by atoms with E-state index in [9.17, 15) is 9.59 Å². The molecule has 8 nitrogen and oxygen atoms in total. The number of halogens is 1. The van der Waals surface area contributed by atoms with E-state index in [0.717, 1.165) is 10.4 Å². The van der Waals surface area contributed by atoms with Crippen molar-refractivity contribution in [1.29, 1.82) is 0 Å². The number of nitrogens with one attached hydrogen (secondary N) is 1. The lowest BCUT2D eigenvalue weighted by atomic mass is 10.1. The number of carbonyl (C=O) groups excluding carboxylic acids is 2. The highest BCUT2D eigenvalue weighted by atomic mass is 35.5. The first-order valence-electron chi connectivity index (χ1n) is 12.2. The van der Waals surface area contributed by atoms with Gasteiger partial charge in [0.25, 0.3) is 0 Å². The first-order valence-corrected chi connectivity index (χ1v) is 13.4. The molecule has 0 saturated heterocycles. The second kappa shape index (κ2) is 14.6. The number of hydrogen-bond donors (Lipinski definition) is 1. The molecule has 3 rings (SSSR count). The van der Waals surface area contributed by atoms with Gasteiger partial charge in [0.2, 0.25) is 5.91 Å². The molecule has 0 atom stereocenters. The van der Waals surface area contributed by atoms with Gasteiger partial charge in [-0.2, -0.15) is 0 Å². The normalized spacial score (nSPS) is 10.7. The van der Waals surface area contributed by atoms with Crippen molar-refractivity contribution in [3.63, 3.8) is 0 Å². The maximum absolute atomic E-state index is 13.6. The molecule has 0 fully saturated rings. The van der Waals surface area contributed by atoms with Gasteiger partial charge >= 0.3 is 6.03 Å². The molecule has 2 aromatic carbocycles. The van der Waals surface area contributed by atoms with Gasteiger partial charge < -0.3 is 29.3 Å². The first-order chi connectivity index (χ1) is 18.3. The second-order valence-corrected chi connectivity index (χ2v) is 10.4. The zero-order valence-corrected chi connectivity index (χ0v) is 23.7. The molecule has 0 spiro atoms. The third kappa shape index (κ3) is 8.65. The number of anilines is 1. The average molecular weight is 560 g/mol. The largest absolute Gasteiger partial charge is 0.493 e. The van der Waals surface area contributed by atoms with Gasteiger partial charge in [-0.3, -0.25) is 4.79 Å². The summed E-state index contributed by atoms with van der Waals surface area (Å²) >= 11 is 7.61. The van der Waals surface area contributed by atoms with Crippen LogP contribution in [0.1, 0.15) is 15.3 Å². The van der Waals surface area contributed by atoms with E-state index in [0.29, 0.717) is 48.3 Å². The summed E-state index contributed by atoms with van der Waals surface area (Å²) in [7, 11) is 4.76. The molecule has 38 heavy (non-hydrogen) atoms.